The Labute approximate surface area is 188 Å². The SMILES string of the molecule is CCCCc1cn(Cc2ccc(-c3ccccc3C(=O)OC)cc2)c2ccccc2c1=O. The molecule has 4 nitrogen and oxygen atoms in total. The molecule has 162 valence electrons. The fourth-order valence-corrected chi connectivity index (χ4v) is 4.09. The van der Waals surface area contributed by atoms with Crippen molar-refractivity contribution in [3.63, 3.8) is 0 Å². The summed E-state index contributed by atoms with van der Waals surface area (Å²) < 4.78 is 7.09. The maximum absolute atomic E-state index is 12.9. The maximum atomic E-state index is 12.9. The van der Waals surface area contributed by atoms with E-state index in [2.05, 4.69) is 23.6 Å². The highest BCUT2D eigenvalue weighted by molar-refractivity contribution is 5.97. The zero-order valence-electron chi connectivity index (χ0n) is 18.5. The van der Waals surface area contributed by atoms with Crippen LogP contribution in [0.15, 0.2) is 83.8 Å². The molecule has 0 saturated carbocycles. The highest BCUT2D eigenvalue weighted by atomic mass is 16.5. The van der Waals surface area contributed by atoms with Gasteiger partial charge in [-0.3, -0.25) is 4.79 Å². The molecule has 0 bridgehead atoms. The van der Waals surface area contributed by atoms with Gasteiger partial charge >= 0.3 is 5.97 Å². The van der Waals surface area contributed by atoms with Crippen LogP contribution in [0.1, 0.15) is 41.3 Å². The van der Waals surface area contributed by atoms with Crippen molar-refractivity contribution < 1.29 is 9.53 Å². The fourth-order valence-electron chi connectivity index (χ4n) is 4.09. The number of hydrogen-bond donors (Lipinski definition) is 0. The minimum atomic E-state index is -0.344. The number of nitrogens with zero attached hydrogens (tertiary/aromatic N) is 1. The minimum Gasteiger partial charge on any atom is -0.465 e. The fraction of sp³-hybridized carbons (Fsp3) is 0.214. The third kappa shape index (κ3) is 4.35. The van der Waals surface area contributed by atoms with E-state index in [-0.39, 0.29) is 11.4 Å². The number of carbonyl (C=O) groups excluding carboxylic acids is 1. The van der Waals surface area contributed by atoms with Crippen LogP contribution in [-0.4, -0.2) is 17.6 Å². The number of pyridine rings is 1. The second-order valence-corrected chi connectivity index (χ2v) is 7.97. The Morgan fingerprint density at radius 2 is 1.66 bits per heavy atom. The molecule has 0 aliphatic rings. The number of unbranched alkanes of at least 4 members (excludes halogenated alkanes) is 1. The first kappa shape index (κ1) is 21.6. The van der Waals surface area contributed by atoms with E-state index < -0.39 is 0 Å². The van der Waals surface area contributed by atoms with Crippen LogP contribution in [0.3, 0.4) is 0 Å². The molecule has 0 unspecified atom stereocenters. The first-order valence-electron chi connectivity index (χ1n) is 11.0. The number of hydrogen-bond acceptors (Lipinski definition) is 3. The van der Waals surface area contributed by atoms with Gasteiger partial charge < -0.3 is 9.30 Å². The summed E-state index contributed by atoms with van der Waals surface area (Å²) in [5.41, 5.74) is 5.44. The van der Waals surface area contributed by atoms with E-state index >= 15 is 0 Å². The molecule has 0 aliphatic heterocycles. The van der Waals surface area contributed by atoms with Crippen molar-refractivity contribution in [3.05, 3.63) is 106 Å². The van der Waals surface area contributed by atoms with Crippen molar-refractivity contribution in [1.29, 1.82) is 0 Å². The molecule has 4 rings (SSSR count). The van der Waals surface area contributed by atoms with Crippen molar-refractivity contribution >= 4 is 16.9 Å². The highest BCUT2D eigenvalue weighted by Gasteiger charge is 2.13. The number of carbonyl (C=O) groups is 1. The lowest BCUT2D eigenvalue weighted by atomic mass is 9.98. The van der Waals surface area contributed by atoms with Gasteiger partial charge in [0.15, 0.2) is 5.43 Å². The molecule has 0 aliphatic carbocycles. The van der Waals surface area contributed by atoms with Crippen LogP contribution in [0, 0.1) is 0 Å². The Morgan fingerprint density at radius 3 is 2.41 bits per heavy atom. The van der Waals surface area contributed by atoms with E-state index in [1.54, 1.807) is 6.07 Å². The van der Waals surface area contributed by atoms with E-state index in [0.29, 0.717) is 12.1 Å². The molecule has 1 heterocycles. The molecule has 0 spiro atoms. The third-order valence-corrected chi connectivity index (χ3v) is 5.81. The van der Waals surface area contributed by atoms with Gasteiger partial charge in [0.2, 0.25) is 0 Å². The average Bonchev–Trinajstić information content (AvgIpc) is 2.85. The summed E-state index contributed by atoms with van der Waals surface area (Å²) >= 11 is 0. The third-order valence-electron chi connectivity index (χ3n) is 5.81. The van der Waals surface area contributed by atoms with E-state index in [0.717, 1.165) is 52.4 Å². The summed E-state index contributed by atoms with van der Waals surface area (Å²) in [5, 5.41) is 0.768. The zero-order valence-corrected chi connectivity index (χ0v) is 18.5. The molecule has 0 radical (unpaired) electrons. The second-order valence-electron chi connectivity index (χ2n) is 7.97. The molecule has 3 aromatic carbocycles. The normalized spacial score (nSPS) is 10.9. The molecule has 1 aromatic heterocycles. The summed E-state index contributed by atoms with van der Waals surface area (Å²) in [6, 6.07) is 23.5. The van der Waals surface area contributed by atoms with Gasteiger partial charge in [-0.2, -0.15) is 0 Å². The lowest BCUT2D eigenvalue weighted by Crippen LogP contribution is -2.15. The second kappa shape index (κ2) is 9.65. The predicted molar refractivity (Wildman–Crippen MR) is 129 cm³/mol. The van der Waals surface area contributed by atoms with Crippen LogP contribution in [0.4, 0.5) is 0 Å². The van der Waals surface area contributed by atoms with Gasteiger partial charge in [0.05, 0.1) is 18.2 Å². The van der Waals surface area contributed by atoms with Crippen molar-refractivity contribution in [2.24, 2.45) is 0 Å². The van der Waals surface area contributed by atoms with Crippen molar-refractivity contribution in [1.82, 2.24) is 4.57 Å². The van der Waals surface area contributed by atoms with Gasteiger partial charge in [-0.15, -0.1) is 0 Å². The summed E-state index contributed by atoms with van der Waals surface area (Å²) in [4.78, 5) is 25.0. The smallest absolute Gasteiger partial charge is 0.338 e. The molecule has 0 N–H and O–H groups in total. The largest absolute Gasteiger partial charge is 0.465 e. The average molecular weight is 426 g/mol. The number of aryl methyl sites for hydroxylation is 1. The van der Waals surface area contributed by atoms with Crippen LogP contribution in [0.25, 0.3) is 22.0 Å². The van der Waals surface area contributed by atoms with Gasteiger partial charge in [-0.05, 0) is 47.7 Å². The Morgan fingerprint density at radius 1 is 0.938 bits per heavy atom. The van der Waals surface area contributed by atoms with Crippen LogP contribution in [0.5, 0.6) is 0 Å². The number of aromatic nitrogens is 1. The molecule has 0 amide bonds. The van der Waals surface area contributed by atoms with Crippen LogP contribution < -0.4 is 5.43 Å². The number of ether oxygens (including phenoxy) is 1. The van der Waals surface area contributed by atoms with Crippen molar-refractivity contribution in [3.8, 4) is 11.1 Å². The predicted octanol–water partition coefficient (Wildman–Crippen LogP) is 5.85. The molecule has 0 atom stereocenters. The summed E-state index contributed by atoms with van der Waals surface area (Å²) in [6.45, 7) is 2.80. The zero-order chi connectivity index (χ0) is 22.5. The van der Waals surface area contributed by atoms with Gasteiger partial charge in [-0.1, -0.05) is 67.9 Å². The Balaban J connectivity index is 1.68. The number of fused-ring (bicyclic) bond motifs is 1. The van der Waals surface area contributed by atoms with E-state index in [4.69, 9.17) is 4.74 Å². The standard InChI is InChI=1S/C28H27NO3/c1-3-4-9-22-19-29(26-13-8-7-12-25(26)27(22)30)18-20-14-16-21(17-15-20)23-10-5-6-11-24(23)28(31)32-2/h5-8,10-17,19H,3-4,9,18H2,1-2H3. The summed E-state index contributed by atoms with van der Waals surface area (Å²) in [6.07, 6.45) is 4.87. The van der Waals surface area contributed by atoms with Gasteiger partial charge in [0.1, 0.15) is 0 Å². The van der Waals surface area contributed by atoms with Gasteiger partial charge in [0.25, 0.3) is 0 Å². The molecule has 32 heavy (non-hydrogen) atoms. The van der Waals surface area contributed by atoms with Crippen LogP contribution in [-0.2, 0) is 17.7 Å². The number of para-hydroxylation sites is 1. The molecular formula is C28H27NO3. The molecule has 4 heteroatoms. The Kier molecular flexibility index (Phi) is 6.50. The lowest BCUT2D eigenvalue weighted by Gasteiger charge is -2.14. The summed E-state index contributed by atoms with van der Waals surface area (Å²) in [5.74, 6) is -0.344. The van der Waals surface area contributed by atoms with E-state index in [1.807, 2.05) is 60.8 Å². The first-order chi connectivity index (χ1) is 15.6. The number of esters is 1. The number of methoxy groups -OCH3 is 1. The maximum Gasteiger partial charge on any atom is 0.338 e. The Bertz CT molecular complexity index is 1300. The highest BCUT2D eigenvalue weighted by Crippen LogP contribution is 2.25. The van der Waals surface area contributed by atoms with Crippen LogP contribution in [0.2, 0.25) is 0 Å². The quantitative estimate of drug-likeness (QED) is 0.349. The monoisotopic (exact) mass is 425 g/mol. The lowest BCUT2D eigenvalue weighted by molar-refractivity contribution is 0.0601. The van der Waals surface area contributed by atoms with E-state index in [1.165, 1.54) is 7.11 Å². The van der Waals surface area contributed by atoms with Crippen LogP contribution >= 0.6 is 0 Å². The summed E-state index contributed by atoms with van der Waals surface area (Å²) in [7, 11) is 1.39. The topological polar surface area (TPSA) is 48.3 Å². The number of benzene rings is 3. The first-order valence-corrected chi connectivity index (χ1v) is 11.0. The molecule has 0 fully saturated rings. The van der Waals surface area contributed by atoms with Gasteiger partial charge in [-0.25, -0.2) is 4.79 Å². The molecule has 4 aromatic rings. The minimum absolute atomic E-state index is 0.139. The molecular weight excluding hydrogens is 398 g/mol. The van der Waals surface area contributed by atoms with E-state index in [9.17, 15) is 9.59 Å². The Hall–Kier alpha value is -3.66. The van der Waals surface area contributed by atoms with Gasteiger partial charge in [0, 0.05) is 23.7 Å². The van der Waals surface area contributed by atoms with Crippen molar-refractivity contribution in [2.75, 3.05) is 7.11 Å². The number of rotatable bonds is 7. The van der Waals surface area contributed by atoms with Crippen molar-refractivity contribution in [2.45, 2.75) is 32.7 Å². The molecule has 0 saturated heterocycles.